The van der Waals surface area contributed by atoms with E-state index in [1.165, 1.54) is 23.5 Å². The predicted molar refractivity (Wildman–Crippen MR) is 51.4 cm³/mol. The zero-order valence-electron chi connectivity index (χ0n) is 7.38. The van der Waals surface area contributed by atoms with Gasteiger partial charge >= 0.3 is 6.18 Å². The van der Waals surface area contributed by atoms with Crippen LogP contribution in [-0.4, -0.2) is 4.98 Å². The molecular formula is C10H5F3NS. The van der Waals surface area contributed by atoms with E-state index in [-0.39, 0.29) is 0 Å². The molecule has 1 aromatic heterocycles. The Bertz CT molecular complexity index is 431. The monoisotopic (exact) mass is 228 g/mol. The molecule has 0 N–H and O–H groups in total. The highest BCUT2D eigenvalue weighted by Crippen LogP contribution is 2.31. The topological polar surface area (TPSA) is 12.9 Å². The normalized spacial score (nSPS) is 11.7. The Hall–Kier alpha value is -1.36. The molecular weight excluding hydrogens is 223 g/mol. The summed E-state index contributed by atoms with van der Waals surface area (Å²) in [7, 11) is 0. The van der Waals surface area contributed by atoms with Gasteiger partial charge in [-0.1, -0.05) is 12.1 Å². The van der Waals surface area contributed by atoms with Crippen molar-refractivity contribution in [1.82, 2.24) is 4.98 Å². The molecule has 0 saturated carbocycles. The largest absolute Gasteiger partial charge is 0.416 e. The van der Waals surface area contributed by atoms with Gasteiger partial charge in [0.2, 0.25) is 0 Å². The Morgan fingerprint density at radius 1 is 1.13 bits per heavy atom. The maximum absolute atomic E-state index is 12.2. The van der Waals surface area contributed by atoms with Crippen molar-refractivity contribution < 1.29 is 13.2 Å². The van der Waals surface area contributed by atoms with Crippen LogP contribution in [0.1, 0.15) is 5.56 Å². The molecule has 1 heterocycles. The number of alkyl halides is 3. The molecule has 5 heteroatoms. The molecule has 0 aliphatic heterocycles. The highest BCUT2D eigenvalue weighted by Gasteiger charge is 2.29. The van der Waals surface area contributed by atoms with Crippen molar-refractivity contribution in [2.45, 2.75) is 6.18 Å². The fourth-order valence-electron chi connectivity index (χ4n) is 1.13. The maximum Gasteiger partial charge on any atom is 0.416 e. The molecule has 0 fully saturated rings. The van der Waals surface area contributed by atoms with E-state index in [0.717, 1.165) is 12.1 Å². The summed E-state index contributed by atoms with van der Waals surface area (Å²) >= 11 is 1.34. The van der Waals surface area contributed by atoms with E-state index in [0.29, 0.717) is 10.6 Å². The van der Waals surface area contributed by atoms with Gasteiger partial charge < -0.3 is 0 Å². The van der Waals surface area contributed by atoms with Crippen LogP contribution >= 0.6 is 11.3 Å². The molecule has 0 saturated heterocycles. The predicted octanol–water partition coefficient (Wildman–Crippen LogP) is 3.63. The average Bonchev–Trinajstić information content (AvgIpc) is 2.69. The minimum Gasteiger partial charge on any atom is -0.234 e. The van der Waals surface area contributed by atoms with Crippen molar-refractivity contribution in [3.05, 3.63) is 41.4 Å². The summed E-state index contributed by atoms with van der Waals surface area (Å²) < 4.78 is 36.7. The van der Waals surface area contributed by atoms with Crippen molar-refractivity contribution in [2.24, 2.45) is 0 Å². The number of thiazole rings is 1. The van der Waals surface area contributed by atoms with E-state index < -0.39 is 11.7 Å². The molecule has 0 unspecified atom stereocenters. The van der Waals surface area contributed by atoms with Crippen molar-refractivity contribution in [1.29, 1.82) is 0 Å². The van der Waals surface area contributed by atoms with E-state index in [2.05, 4.69) is 11.2 Å². The van der Waals surface area contributed by atoms with E-state index in [1.54, 1.807) is 5.38 Å². The van der Waals surface area contributed by atoms with E-state index >= 15 is 0 Å². The van der Waals surface area contributed by atoms with Crippen LogP contribution in [0.3, 0.4) is 0 Å². The van der Waals surface area contributed by atoms with E-state index in [1.807, 2.05) is 0 Å². The number of aromatic nitrogens is 1. The maximum atomic E-state index is 12.2. The molecule has 0 bridgehead atoms. The van der Waals surface area contributed by atoms with Crippen LogP contribution < -0.4 is 0 Å². The van der Waals surface area contributed by atoms with E-state index in [4.69, 9.17) is 0 Å². The number of benzene rings is 1. The SMILES string of the molecule is FC(F)(F)c1ccc(-c2n[c]cs2)cc1. The smallest absolute Gasteiger partial charge is 0.234 e. The third-order valence-corrected chi connectivity index (χ3v) is 2.62. The molecule has 0 aliphatic rings. The highest BCUT2D eigenvalue weighted by atomic mass is 32.1. The highest BCUT2D eigenvalue weighted by molar-refractivity contribution is 7.13. The van der Waals surface area contributed by atoms with Crippen LogP contribution in [0.25, 0.3) is 10.6 Å². The van der Waals surface area contributed by atoms with Crippen LogP contribution in [-0.2, 0) is 6.18 Å². The fourth-order valence-corrected chi connectivity index (χ4v) is 1.72. The Kier molecular flexibility index (Phi) is 2.48. The summed E-state index contributed by atoms with van der Waals surface area (Å²) in [5.74, 6) is 0. The van der Waals surface area contributed by atoms with Crippen LogP contribution in [0.2, 0.25) is 0 Å². The first-order chi connectivity index (χ1) is 7.07. The lowest BCUT2D eigenvalue weighted by Crippen LogP contribution is -2.03. The summed E-state index contributed by atoms with van der Waals surface area (Å²) in [6.07, 6.45) is -1.66. The second-order valence-electron chi connectivity index (χ2n) is 2.86. The lowest BCUT2D eigenvalue weighted by Gasteiger charge is -2.06. The second-order valence-corrected chi connectivity index (χ2v) is 3.71. The van der Waals surface area contributed by atoms with Gasteiger partial charge in [0.15, 0.2) is 0 Å². The van der Waals surface area contributed by atoms with Crippen LogP contribution in [0.15, 0.2) is 29.6 Å². The first-order valence-corrected chi connectivity index (χ1v) is 4.94. The molecule has 1 aromatic carbocycles. The fraction of sp³-hybridized carbons (Fsp3) is 0.100. The number of hydrogen-bond acceptors (Lipinski definition) is 2. The van der Waals surface area contributed by atoms with Crippen molar-refractivity contribution in [3.63, 3.8) is 0 Å². The Morgan fingerprint density at radius 3 is 2.27 bits per heavy atom. The Morgan fingerprint density at radius 2 is 1.80 bits per heavy atom. The van der Waals surface area contributed by atoms with Gasteiger partial charge in [0, 0.05) is 10.9 Å². The number of nitrogens with zero attached hydrogens (tertiary/aromatic N) is 1. The molecule has 1 radical (unpaired) electrons. The lowest BCUT2D eigenvalue weighted by molar-refractivity contribution is -0.137. The van der Waals surface area contributed by atoms with Gasteiger partial charge in [-0.05, 0) is 12.1 Å². The van der Waals surface area contributed by atoms with Gasteiger partial charge in [-0.25, -0.2) is 4.98 Å². The van der Waals surface area contributed by atoms with Crippen molar-refractivity contribution in [2.75, 3.05) is 0 Å². The number of halogens is 3. The zero-order valence-corrected chi connectivity index (χ0v) is 8.19. The minimum atomic E-state index is -4.28. The first-order valence-electron chi connectivity index (χ1n) is 4.06. The quantitative estimate of drug-likeness (QED) is 0.726. The molecule has 1 nitrogen and oxygen atoms in total. The summed E-state index contributed by atoms with van der Waals surface area (Å²) in [5, 5.41) is 2.33. The number of hydrogen-bond donors (Lipinski definition) is 0. The molecule has 0 amide bonds. The Labute approximate surface area is 88.2 Å². The van der Waals surface area contributed by atoms with Gasteiger partial charge in [0.1, 0.15) is 11.2 Å². The molecule has 2 aromatic rings. The third kappa shape index (κ3) is 2.18. The van der Waals surface area contributed by atoms with Gasteiger partial charge in [-0.2, -0.15) is 13.2 Å². The van der Waals surface area contributed by atoms with Crippen LogP contribution in [0.4, 0.5) is 13.2 Å². The molecule has 0 aliphatic carbocycles. The standard InChI is InChI=1S/C10H5F3NS/c11-10(12,13)8-3-1-7(2-4-8)9-14-5-6-15-9/h1-4,6H. The summed E-state index contributed by atoms with van der Waals surface area (Å²) in [6.45, 7) is 0. The van der Waals surface area contributed by atoms with Crippen LogP contribution in [0, 0.1) is 6.20 Å². The van der Waals surface area contributed by atoms with E-state index in [9.17, 15) is 13.2 Å². The zero-order chi connectivity index (χ0) is 10.9. The molecule has 77 valence electrons. The first kappa shape index (κ1) is 10.2. The third-order valence-electron chi connectivity index (χ3n) is 1.85. The van der Waals surface area contributed by atoms with Gasteiger partial charge in [-0.15, -0.1) is 11.3 Å². The Balaban J connectivity index is 2.33. The van der Waals surface area contributed by atoms with Crippen LogP contribution in [0.5, 0.6) is 0 Å². The minimum absolute atomic E-state index is 0.646. The molecule has 0 spiro atoms. The summed E-state index contributed by atoms with van der Waals surface area (Å²) in [6, 6.07) is 4.93. The van der Waals surface area contributed by atoms with Crippen molar-refractivity contribution >= 4 is 11.3 Å². The second kappa shape index (κ2) is 3.66. The summed E-state index contributed by atoms with van der Waals surface area (Å²) in [4.78, 5) is 3.89. The molecule has 15 heavy (non-hydrogen) atoms. The lowest BCUT2D eigenvalue weighted by atomic mass is 10.1. The van der Waals surface area contributed by atoms with Gasteiger partial charge in [-0.3, -0.25) is 0 Å². The molecule has 2 rings (SSSR count). The molecule has 0 atom stereocenters. The van der Waals surface area contributed by atoms with Crippen molar-refractivity contribution in [3.8, 4) is 10.6 Å². The average molecular weight is 228 g/mol. The van der Waals surface area contributed by atoms with Gasteiger partial charge in [0.25, 0.3) is 0 Å². The number of rotatable bonds is 1. The van der Waals surface area contributed by atoms with Gasteiger partial charge in [0.05, 0.1) is 5.56 Å². The summed E-state index contributed by atoms with van der Waals surface area (Å²) in [5.41, 5.74) is 0.0287.